The minimum Gasteiger partial charge on any atom is -0.507 e. The second-order valence-corrected chi connectivity index (χ2v) is 6.70. The van der Waals surface area contributed by atoms with E-state index in [1.54, 1.807) is 0 Å². The van der Waals surface area contributed by atoms with Gasteiger partial charge >= 0.3 is 0 Å². The van der Waals surface area contributed by atoms with Crippen LogP contribution < -0.4 is 0 Å². The van der Waals surface area contributed by atoms with Gasteiger partial charge in [-0.15, -0.1) is 0 Å². The van der Waals surface area contributed by atoms with Crippen molar-refractivity contribution in [1.82, 2.24) is 0 Å². The fourth-order valence-corrected chi connectivity index (χ4v) is 2.91. The number of hydrogen-bond acceptors (Lipinski definition) is 2. The third-order valence-corrected chi connectivity index (χ3v) is 4.32. The van der Waals surface area contributed by atoms with E-state index in [1.807, 2.05) is 26.0 Å². The summed E-state index contributed by atoms with van der Waals surface area (Å²) in [6.45, 7) is 12.2. The fourth-order valence-electron chi connectivity index (χ4n) is 2.91. The van der Waals surface area contributed by atoms with Gasteiger partial charge < -0.3 is 10.2 Å². The molecule has 2 nitrogen and oxygen atoms in total. The Bertz CT molecular complexity index is 636. The highest BCUT2D eigenvalue weighted by Gasteiger charge is 2.22. The van der Waals surface area contributed by atoms with Gasteiger partial charge in [-0.25, -0.2) is 0 Å². The topological polar surface area (TPSA) is 40.5 Å². The molecule has 22 heavy (non-hydrogen) atoms. The summed E-state index contributed by atoms with van der Waals surface area (Å²) in [5.41, 5.74) is 5.33. The van der Waals surface area contributed by atoms with Crippen molar-refractivity contribution in [1.29, 1.82) is 0 Å². The summed E-state index contributed by atoms with van der Waals surface area (Å²) in [5.74, 6) is 1.07. The van der Waals surface area contributed by atoms with E-state index in [2.05, 4.69) is 39.8 Å². The molecule has 2 aromatic carbocycles. The van der Waals surface area contributed by atoms with Crippen LogP contribution >= 0.6 is 0 Å². The lowest BCUT2D eigenvalue weighted by Gasteiger charge is -2.22. The van der Waals surface area contributed by atoms with E-state index in [0.717, 1.165) is 33.4 Å². The first-order valence-corrected chi connectivity index (χ1v) is 7.91. The summed E-state index contributed by atoms with van der Waals surface area (Å²) in [6.07, 6.45) is 0. The molecule has 0 aromatic heterocycles. The van der Waals surface area contributed by atoms with Gasteiger partial charge in [-0.05, 0) is 47.9 Å². The van der Waals surface area contributed by atoms with Crippen LogP contribution in [0.1, 0.15) is 61.8 Å². The Morgan fingerprint density at radius 1 is 0.636 bits per heavy atom. The molecule has 2 N–H and O–H groups in total. The maximum absolute atomic E-state index is 10.7. The molecular weight excluding hydrogens is 272 g/mol. The number of phenolic OH excluding ortho intramolecular Hbond substituents is 2. The molecule has 0 aliphatic rings. The third kappa shape index (κ3) is 2.70. The first-order valence-electron chi connectivity index (χ1n) is 7.91. The maximum Gasteiger partial charge on any atom is 0.126 e. The van der Waals surface area contributed by atoms with Crippen LogP contribution in [0.25, 0.3) is 11.1 Å². The van der Waals surface area contributed by atoms with E-state index in [4.69, 9.17) is 0 Å². The normalized spacial score (nSPS) is 11.5. The van der Waals surface area contributed by atoms with Gasteiger partial charge in [0.1, 0.15) is 11.5 Å². The van der Waals surface area contributed by atoms with E-state index in [1.165, 1.54) is 0 Å². The fraction of sp³-hybridized carbons (Fsp3) is 0.400. The van der Waals surface area contributed by atoms with Gasteiger partial charge in [-0.2, -0.15) is 0 Å². The number of hydrogen-bond donors (Lipinski definition) is 2. The SMILES string of the molecule is Cc1ccc(C(C)C)c(-c2c(C(C)C)ccc(C)c2O)c1O. The summed E-state index contributed by atoms with van der Waals surface area (Å²) < 4.78 is 0. The van der Waals surface area contributed by atoms with Crippen LogP contribution in [0.4, 0.5) is 0 Å². The van der Waals surface area contributed by atoms with Crippen LogP contribution in [0.15, 0.2) is 24.3 Å². The molecule has 2 aromatic rings. The molecule has 0 bridgehead atoms. The largest absolute Gasteiger partial charge is 0.507 e. The first-order chi connectivity index (χ1) is 10.3. The predicted molar refractivity (Wildman–Crippen MR) is 92.9 cm³/mol. The van der Waals surface area contributed by atoms with E-state index in [9.17, 15) is 10.2 Å². The molecule has 0 aliphatic heterocycles. The van der Waals surface area contributed by atoms with Crippen molar-refractivity contribution < 1.29 is 10.2 Å². The lowest BCUT2D eigenvalue weighted by Crippen LogP contribution is -2.00. The van der Waals surface area contributed by atoms with Crippen LogP contribution in [0.3, 0.4) is 0 Å². The number of aromatic hydroxyl groups is 2. The van der Waals surface area contributed by atoms with Gasteiger partial charge in [0.2, 0.25) is 0 Å². The number of phenols is 2. The molecule has 0 radical (unpaired) electrons. The zero-order valence-corrected chi connectivity index (χ0v) is 14.4. The second kappa shape index (κ2) is 6.04. The van der Waals surface area contributed by atoms with Crippen LogP contribution in [0.2, 0.25) is 0 Å². The number of aryl methyl sites for hydroxylation is 2. The molecule has 0 heterocycles. The van der Waals surface area contributed by atoms with Gasteiger partial charge in [0.15, 0.2) is 0 Å². The Morgan fingerprint density at radius 3 is 1.23 bits per heavy atom. The molecule has 118 valence electrons. The average molecular weight is 298 g/mol. The Balaban J connectivity index is 2.93. The van der Waals surface area contributed by atoms with Crippen LogP contribution in [0.5, 0.6) is 11.5 Å². The number of benzene rings is 2. The molecular formula is C20H26O2. The van der Waals surface area contributed by atoms with Crippen molar-refractivity contribution in [3.8, 4) is 22.6 Å². The lowest BCUT2D eigenvalue weighted by molar-refractivity contribution is 0.463. The average Bonchev–Trinajstić information content (AvgIpc) is 2.44. The summed E-state index contributed by atoms with van der Waals surface area (Å²) in [5, 5.41) is 21.4. The summed E-state index contributed by atoms with van der Waals surface area (Å²) in [6, 6.07) is 7.99. The minimum absolute atomic E-state index is 0.265. The van der Waals surface area contributed by atoms with Gasteiger partial charge in [0.05, 0.1) is 0 Å². The summed E-state index contributed by atoms with van der Waals surface area (Å²) in [7, 11) is 0. The standard InChI is InChI=1S/C20H26O2/c1-11(2)15-9-7-13(5)19(21)17(15)18-16(12(3)4)10-8-14(6)20(18)22/h7-12,21-22H,1-6H3. The lowest BCUT2D eigenvalue weighted by atomic mass is 9.84. The molecule has 0 spiro atoms. The zero-order chi connectivity index (χ0) is 16.6. The van der Waals surface area contributed by atoms with Gasteiger partial charge in [0, 0.05) is 11.1 Å². The van der Waals surface area contributed by atoms with E-state index >= 15 is 0 Å². The molecule has 0 aliphatic carbocycles. The highest BCUT2D eigenvalue weighted by atomic mass is 16.3. The van der Waals surface area contributed by atoms with Crippen LogP contribution in [0, 0.1) is 13.8 Å². The molecule has 0 saturated carbocycles. The Morgan fingerprint density at radius 2 is 0.955 bits per heavy atom. The molecule has 0 saturated heterocycles. The maximum atomic E-state index is 10.7. The van der Waals surface area contributed by atoms with E-state index < -0.39 is 0 Å². The molecule has 0 amide bonds. The van der Waals surface area contributed by atoms with Gasteiger partial charge in [0.25, 0.3) is 0 Å². The van der Waals surface area contributed by atoms with Crippen molar-refractivity contribution >= 4 is 0 Å². The first kappa shape index (κ1) is 16.4. The Kier molecular flexibility index (Phi) is 4.50. The minimum atomic E-state index is 0.265. The van der Waals surface area contributed by atoms with Crippen LogP contribution in [-0.4, -0.2) is 10.2 Å². The number of rotatable bonds is 3. The Hall–Kier alpha value is -1.96. The van der Waals surface area contributed by atoms with E-state index in [0.29, 0.717) is 0 Å². The van der Waals surface area contributed by atoms with Gasteiger partial charge in [-0.1, -0.05) is 52.0 Å². The molecule has 0 fully saturated rings. The third-order valence-electron chi connectivity index (χ3n) is 4.32. The van der Waals surface area contributed by atoms with Gasteiger partial charge in [-0.3, -0.25) is 0 Å². The monoisotopic (exact) mass is 298 g/mol. The second-order valence-electron chi connectivity index (χ2n) is 6.70. The highest BCUT2D eigenvalue weighted by molar-refractivity contribution is 5.83. The molecule has 2 heteroatoms. The molecule has 0 unspecified atom stereocenters. The quantitative estimate of drug-likeness (QED) is 0.771. The van der Waals surface area contributed by atoms with Crippen molar-refractivity contribution in [2.75, 3.05) is 0 Å². The highest BCUT2D eigenvalue weighted by Crippen LogP contribution is 2.46. The van der Waals surface area contributed by atoms with Crippen molar-refractivity contribution in [2.24, 2.45) is 0 Å². The zero-order valence-electron chi connectivity index (χ0n) is 14.4. The molecule has 2 rings (SSSR count). The Labute approximate surface area is 133 Å². The molecule has 0 atom stereocenters. The summed E-state index contributed by atoms with van der Waals surface area (Å²) in [4.78, 5) is 0. The van der Waals surface area contributed by atoms with Crippen molar-refractivity contribution in [3.05, 3.63) is 46.5 Å². The predicted octanol–water partition coefficient (Wildman–Crippen LogP) is 5.63. The van der Waals surface area contributed by atoms with Crippen molar-refractivity contribution in [2.45, 2.75) is 53.4 Å². The summed E-state index contributed by atoms with van der Waals surface area (Å²) >= 11 is 0. The van der Waals surface area contributed by atoms with E-state index in [-0.39, 0.29) is 23.3 Å². The van der Waals surface area contributed by atoms with Crippen LogP contribution in [-0.2, 0) is 0 Å². The van der Waals surface area contributed by atoms with Crippen molar-refractivity contribution in [3.63, 3.8) is 0 Å². The smallest absolute Gasteiger partial charge is 0.126 e.